The Labute approximate surface area is 414 Å². The van der Waals surface area contributed by atoms with E-state index in [9.17, 15) is 24.0 Å². The molecule has 9 rings (SSSR count). The van der Waals surface area contributed by atoms with Crippen molar-refractivity contribution in [3.05, 3.63) is 160 Å². The van der Waals surface area contributed by atoms with Crippen LogP contribution in [0.1, 0.15) is 86.6 Å². The summed E-state index contributed by atoms with van der Waals surface area (Å²) in [5.41, 5.74) is 6.06. The van der Waals surface area contributed by atoms with Crippen molar-refractivity contribution in [3.8, 4) is 0 Å². The maximum absolute atomic E-state index is 14.7. The maximum atomic E-state index is 14.7. The lowest BCUT2D eigenvalue weighted by Crippen LogP contribution is -2.55. The second-order valence-electron chi connectivity index (χ2n) is 19.3. The molecule has 3 saturated heterocycles. The fourth-order valence-corrected chi connectivity index (χ4v) is 10.6. The molecule has 3 fully saturated rings. The summed E-state index contributed by atoms with van der Waals surface area (Å²) >= 11 is 0. The summed E-state index contributed by atoms with van der Waals surface area (Å²) < 4.78 is 14.5. The third-order valence-corrected chi connectivity index (χ3v) is 14.7. The highest BCUT2D eigenvalue weighted by Crippen LogP contribution is 2.31. The van der Waals surface area contributed by atoms with Crippen LogP contribution in [-0.2, 0) is 38.9 Å². The molecule has 2 amide bonds. The van der Waals surface area contributed by atoms with Gasteiger partial charge < -0.3 is 24.2 Å². The Balaban J connectivity index is 0.891. The number of carbonyl (C=O) groups excluding carboxylic acids is 4. The Kier molecular flexibility index (Phi) is 15.0. The van der Waals surface area contributed by atoms with E-state index in [0.29, 0.717) is 73.7 Å². The van der Waals surface area contributed by atoms with Gasteiger partial charge in [0.2, 0.25) is 11.8 Å². The molecule has 71 heavy (non-hydrogen) atoms. The van der Waals surface area contributed by atoms with Gasteiger partial charge in [0.05, 0.1) is 28.1 Å². The molecule has 3 aliphatic rings. The number of carbonyl (C=O) groups is 4. The van der Waals surface area contributed by atoms with E-state index in [2.05, 4.69) is 30.0 Å². The smallest absolute Gasteiger partial charge is 0.339 e. The highest BCUT2D eigenvalue weighted by atomic mass is 16.5. The number of piperidine rings is 2. The van der Waals surface area contributed by atoms with Crippen LogP contribution >= 0.6 is 0 Å². The minimum absolute atomic E-state index is 0.0111. The second kappa shape index (κ2) is 21.9. The predicted octanol–water partition coefficient (Wildman–Crippen LogP) is 7.77. The van der Waals surface area contributed by atoms with Crippen molar-refractivity contribution in [1.82, 2.24) is 33.9 Å². The van der Waals surface area contributed by atoms with E-state index in [4.69, 9.17) is 14.6 Å². The molecule has 368 valence electrons. The minimum Gasteiger partial charge on any atom is -0.440 e. The van der Waals surface area contributed by atoms with Crippen molar-refractivity contribution in [1.29, 1.82) is 0 Å². The molecule has 0 bridgehead atoms. The molecular formula is C57H63N7O7. The van der Waals surface area contributed by atoms with Crippen molar-refractivity contribution < 1.29 is 28.7 Å². The number of esters is 2. The molecule has 0 spiro atoms. The van der Waals surface area contributed by atoms with E-state index >= 15 is 0 Å². The van der Waals surface area contributed by atoms with Crippen LogP contribution in [0.5, 0.6) is 0 Å². The summed E-state index contributed by atoms with van der Waals surface area (Å²) in [6.07, 6.45) is 9.00. The van der Waals surface area contributed by atoms with Crippen molar-refractivity contribution in [2.45, 2.75) is 70.9 Å². The molecule has 3 aliphatic heterocycles. The van der Waals surface area contributed by atoms with E-state index in [1.165, 1.54) is 4.57 Å². The maximum Gasteiger partial charge on any atom is 0.339 e. The van der Waals surface area contributed by atoms with E-state index in [1.807, 2.05) is 77.5 Å². The number of pyridine rings is 1. The van der Waals surface area contributed by atoms with Gasteiger partial charge in [0.1, 0.15) is 0 Å². The third kappa shape index (κ3) is 11.2. The third-order valence-electron chi connectivity index (χ3n) is 14.7. The zero-order valence-electron chi connectivity index (χ0n) is 40.8. The van der Waals surface area contributed by atoms with E-state index in [-0.39, 0.29) is 43.2 Å². The van der Waals surface area contributed by atoms with Crippen LogP contribution in [0.3, 0.4) is 0 Å². The molecule has 5 heterocycles. The molecule has 0 aliphatic carbocycles. The van der Waals surface area contributed by atoms with Gasteiger partial charge in [-0.2, -0.15) is 5.10 Å². The zero-order valence-corrected chi connectivity index (χ0v) is 40.8. The van der Waals surface area contributed by atoms with Crippen molar-refractivity contribution in [2.24, 2.45) is 5.92 Å². The van der Waals surface area contributed by atoms with Gasteiger partial charge in [0.15, 0.2) is 13.5 Å². The quantitative estimate of drug-likeness (QED) is 0.0939. The van der Waals surface area contributed by atoms with Crippen LogP contribution in [0.25, 0.3) is 34.0 Å². The monoisotopic (exact) mass is 957 g/mol. The molecule has 0 N–H and O–H groups in total. The van der Waals surface area contributed by atoms with Crippen molar-refractivity contribution in [2.75, 3.05) is 59.4 Å². The average Bonchev–Trinajstić information content (AvgIpc) is 3.83. The summed E-state index contributed by atoms with van der Waals surface area (Å²) in [5.74, 6) is -1.81. The topological polar surface area (TPSA) is 140 Å². The van der Waals surface area contributed by atoms with Gasteiger partial charge in [-0.05, 0) is 135 Å². The van der Waals surface area contributed by atoms with Crippen molar-refractivity contribution in [3.63, 3.8) is 0 Å². The number of fused-ring (bicyclic) bond motifs is 2. The molecule has 0 saturated carbocycles. The Morgan fingerprint density at radius 1 is 0.718 bits per heavy atom. The van der Waals surface area contributed by atoms with Crippen LogP contribution in [0.4, 0.5) is 0 Å². The lowest BCUT2D eigenvalue weighted by atomic mass is 9.88. The number of aromatic nitrogens is 3. The van der Waals surface area contributed by atoms with Gasteiger partial charge in [-0.1, -0.05) is 73.8 Å². The van der Waals surface area contributed by atoms with Crippen LogP contribution in [0.2, 0.25) is 0 Å². The summed E-state index contributed by atoms with van der Waals surface area (Å²) in [5, 5.41) is 6.42. The van der Waals surface area contributed by atoms with Gasteiger partial charge in [-0.3, -0.25) is 23.9 Å². The normalized spacial score (nSPS) is 16.8. The standard InChI is InChI=1S/C57H63N7O7/c1-5-40-11-9-14-45(30-40)56(68)70-37-63-36-48-33-42(29-39(3)53(48)58-63)32-47(54(66)62-27-25-60(26-28-62)49-19-21-59(4)22-20-49)35-52(65)61-23-17-43(18-24-61)50-34-44-13-7-8-16-51(44)64(55(50)67)38-71-57(69)46-15-10-12-41(6-2)31-46/h5-16,29-31,33-34,36,43,47,49H,1-2,17-28,32,35,37-38H2,3-4H3/t47-/m0/s1. The highest BCUT2D eigenvalue weighted by Gasteiger charge is 2.35. The first-order valence-corrected chi connectivity index (χ1v) is 24.8. The van der Waals surface area contributed by atoms with E-state index in [1.54, 1.807) is 53.2 Å². The fraction of sp³-hybridized carbons (Fsp3) is 0.368. The number of hydrogen-bond acceptors (Lipinski definition) is 10. The van der Waals surface area contributed by atoms with Crippen LogP contribution < -0.4 is 5.56 Å². The number of amides is 2. The Bertz CT molecular complexity index is 3020. The number of ether oxygens (including phenoxy) is 2. The number of likely N-dealkylation sites (tertiary alicyclic amines) is 2. The molecule has 2 aromatic heterocycles. The lowest BCUT2D eigenvalue weighted by molar-refractivity contribution is -0.143. The fourth-order valence-electron chi connectivity index (χ4n) is 10.6. The van der Waals surface area contributed by atoms with Gasteiger partial charge in [0, 0.05) is 68.9 Å². The summed E-state index contributed by atoms with van der Waals surface area (Å²) in [6.45, 7) is 15.1. The first kappa shape index (κ1) is 48.8. The van der Waals surface area contributed by atoms with Crippen LogP contribution in [0.15, 0.2) is 115 Å². The first-order valence-electron chi connectivity index (χ1n) is 24.8. The molecule has 14 heteroatoms. The molecule has 0 radical (unpaired) electrons. The van der Waals surface area contributed by atoms with Gasteiger partial charge in [-0.15, -0.1) is 0 Å². The van der Waals surface area contributed by atoms with Gasteiger partial charge >= 0.3 is 11.9 Å². The predicted molar refractivity (Wildman–Crippen MR) is 276 cm³/mol. The molecule has 0 unspecified atom stereocenters. The Morgan fingerprint density at radius 3 is 2.03 bits per heavy atom. The number of para-hydroxylation sites is 1. The summed E-state index contributed by atoms with van der Waals surface area (Å²) in [4.78, 5) is 78.1. The lowest BCUT2D eigenvalue weighted by Gasteiger charge is -2.43. The highest BCUT2D eigenvalue weighted by molar-refractivity contribution is 5.91. The SMILES string of the molecule is C=Cc1cccc(C(=O)OCn2cc3cc(C[C@@H](CC(=O)N4CCC(c5cc6ccccc6n(COC(=O)c6cccc(C=C)c6)c5=O)CC4)C(=O)N4CCN(C5CCN(C)CC5)CC4)cc(C)c3n2)c1. The molecule has 4 aromatic carbocycles. The molecule has 6 aromatic rings. The number of piperazine rings is 1. The number of rotatable bonds is 15. The summed E-state index contributed by atoms with van der Waals surface area (Å²) in [6, 6.07) is 28.1. The summed E-state index contributed by atoms with van der Waals surface area (Å²) in [7, 11) is 2.17. The number of benzene rings is 4. The van der Waals surface area contributed by atoms with Gasteiger partial charge in [-0.25, -0.2) is 14.3 Å². The minimum atomic E-state index is -0.594. The van der Waals surface area contributed by atoms with Gasteiger partial charge in [0.25, 0.3) is 5.56 Å². The number of nitrogens with zero attached hydrogens (tertiary/aromatic N) is 7. The molecule has 14 nitrogen and oxygen atoms in total. The molecular weight excluding hydrogens is 895 g/mol. The largest absolute Gasteiger partial charge is 0.440 e. The Morgan fingerprint density at radius 2 is 1.37 bits per heavy atom. The second-order valence-corrected chi connectivity index (χ2v) is 19.3. The zero-order chi connectivity index (χ0) is 49.6. The van der Waals surface area contributed by atoms with Crippen LogP contribution in [-0.4, -0.2) is 123 Å². The number of hydrogen-bond donors (Lipinski definition) is 0. The molecule has 1 atom stereocenters. The van der Waals surface area contributed by atoms with E-state index in [0.717, 1.165) is 77.6 Å². The Hall–Kier alpha value is -7.16. The first-order chi connectivity index (χ1) is 34.4. The average molecular weight is 958 g/mol. The number of aryl methyl sites for hydroxylation is 1. The van der Waals surface area contributed by atoms with E-state index < -0.39 is 17.9 Å². The van der Waals surface area contributed by atoms with Crippen LogP contribution in [0, 0.1) is 12.8 Å². The van der Waals surface area contributed by atoms with Crippen molar-refractivity contribution >= 4 is 57.7 Å².